The predicted octanol–water partition coefficient (Wildman–Crippen LogP) is 0.422. The molecule has 1 heterocycles. The molecule has 0 fully saturated rings. The first-order valence-corrected chi connectivity index (χ1v) is 12.2. The van der Waals surface area contributed by atoms with Crippen molar-refractivity contribution < 1.29 is 43.9 Å². The molecule has 0 aliphatic carbocycles. The zero-order chi connectivity index (χ0) is 23.9. The molecule has 1 rings (SSSR count). The summed E-state index contributed by atoms with van der Waals surface area (Å²) in [6, 6.07) is 0. The van der Waals surface area contributed by atoms with Gasteiger partial charge in [-0.05, 0) is 6.92 Å². The molecule has 1 aromatic heterocycles. The van der Waals surface area contributed by atoms with Gasteiger partial charge >= 0.3 is 17.9 Å². The van der Waals surface area contributed by atoms with Gasteiger partial charge in [0.1, 0.15) is 32.0 Å². The summed E-state index contributed by atoms with van der Waals surface area (Å²) in [5.41, 5.74) is 0.210. The number of hydrogen-bond acceptors (Lipinski definition) is 14. The second kappa shape index (κ2) is 16.0. The molecule has 14 heteroatoms. The molecule has 0 spiro atoms. The van der Waals surface area contributed by atoms with Gasteiger partial charge in [0, 0.05) is 17.1 Å². The van der Waals surface area contributed by atoms with E-state index in [1.807, 2.05) is 0 Å². The van der Waals surface area contributed by atoms with E-state index in [1.165, 1.54) is 41.8 Å². The summed E-state index contributed by atoms with van der Waals surface area (Å²) in [6.45, 7) is 3.61. The second-order valence-corrected chi connectivity index (χ2v) is 9.93. The number of carbonyl (C=O) groups is 3. The summed E-state index contributed by atoms with van der Waals surface area (Å²) in [7, 11) is 0. The molecular formula is C18H26N2O9S3. The van der Waals surface area contributed by atoms with Crippen LogP contribution in [-0.4, -0.2) is 93.6 Å². The van der Waals surface area contributed by atoms with E-state index in [-0.39, 0.29) is 38.2 Å². The van der Waals surface area contributed by atoms with Crippen molar-refractivity contribution in [2.24, 2.45) is 0 Å². The van der Waals surface area contributed by atoms with Crippen LogP contribution in [0.4, 0.5) is 0 Å². The summed E-state index contributed by atoms with van der Waals surface area (Å²) in [6.07, 6.45) is -1.98. The number of aliphatic hydroxyl groups excluding tert-OH is 3. The molecule has 0 aliphatic rings. The molecule has 0 aliphatic heterocycles. The molecule has 0 amide bonds. The van der Waals surface area contributed by atoms with Crippen LogP contribution in [-0.2, 0) is 28.6 Å². The molecule has 0 saturated carbocycles. The third-order valence-corrected chi connectivity index (χ3v) is 6.48. The van der Waals surface area contributed by atoms with Crippen LogP contribution in [0.25, 0.3) is 0 Å². The SMILES string of the molecule is C=C(C)C(=O)OCC(O)COC(=O)CCSc1nnc(SCCC(=O)OCC(O)CO)s1. The van der Waals surface area contributed by atoms with Crippen LogP contribution in [0.1, 0.15) is 19.8 Å². The number of esters is 3. The minimum atomic E-state index is -1.12. The van der Waals surface area contributed by atoms with Crippen molar-refractivity contribution in [3.63, 3.8) is 0 Å². The largest absolute Gasteiger partial charge is 0.463 e. The molecule has 2 unspecified atom stereocenters. The Balaban J connectivity index is 2.16. The van der Waals surface area contributed by atoms with Gasteiger partial charge in [-0.2, -0.15) is 0 Å². The molecule has 3 N–H and O–H groups in total. The maximum atomic E-state index is 11.7. The van der Waals surface area contributed by atoms with Crippen LogP contribution >= 0.6 is 34.9 Å². The highest BCUT2D eigenvalue weighted by Gasteiger charge is 2.14. The second-order valence-electron chi connectivity index (χ2n) is 6.27. The molecule has 0 radical (unpaired) electrons. The van der Waals surface area contributed by atoms with E-state index in [4.69, 9.17) is 24.4 Å². The van der Waals surface area contributed by atoms with Crippen molar-refractivity contribution in [2.45, 2.75) is 40.7 Å². The number of carbonyl (C=O) groups excluding carboxylic acids is 3. The first-order chi connectivity index (χ1) is 15.2. The summed E-state index contributed by atoms with van der Waals surface area (Å²) in [4.78, 5) is 34.5. The standard InChI is InChI=1S/C18H26N2O9S3/c1-11(2)16(26)29-10-13(23)9-28-15(25)4-6-31-18-20-19-17(32-18)30-5-3-14(24)27-8-12(22)7-21/h12-13,21-23H,1,3-10H2,2H3. The number of thioether (sulfide) groups is 2. The highest BCUT2D eigenvalue weighted by molar-refractivity contribution is 8.03. The topological polar surface area (TPSA) is 165 Å². The third kappa shape index (κ3) is 13.0. The lowest BCUT2D eigenvalue weighted by Crippen LogP contribution is -2.25. The Bertz CT molecular complexity index is 760. The lowest BCUT2D eigenvalue weighted by molar-refractivity contribution is -0.150. The Hall–Kier alpha value is -1.71. The maximum absolute atomic E-state index is 11.7. The van der Waals surface area contributed by atoms with Crippen molar-refractivity contribution in [3.05, 3.63) is 12.2 Å². The molecule has 11 nitrogen and oxygen atoms in total. The highest BCUT2D eigenvalue weighted by Crippen LogP contribution is 2.29. The van der Waals surface area contributed by atoms with E-state index in [0.29, 0.717) is 20.2 Å². The summed E-state index contributed by atoms with van der Waals surface area (Å²) >= 11 is 3.97. The Morgan fingerprint density at radius 3 is 1.88 bits per heavy atom. The Morgan fingerprint density at radius 1 is 0.938 bits per heavy atom. The van der Waals surface area contributed by atoms with Crippen LogP contribution in [0.3, 0.4) is 0 Å². The van der Waals surface area contributed by atoms with Gasteiger partial charge in [-0.15, -0.1) is 10.2 Å². The molecule has 0 saturated heterocycles. The minimum Gasteiger partial charge on any atom is -0.463 e. The zero-order valence-corrected chi connectivity index (χ0v) is 19.9. The van der Waals surface area contributed by atoms with Crippen LogP contribution in [0, 0.1) is 0 Å². The zero-order valence-electron chi connectivity index (χ0n) is 17.4. The van der Waals surface area contributed by atoms with Crippen molar-refractivity contribution in [3.8, 4) is 0 Å². The number of aromatic nitrogens is 2. The number of nitrogens with zero attached hydrogens (tertiary/aromatic N) is 2. The molecule has 1 aromatic rings. The summed E-state index contributed by atoms with van der Waals surface area (Å²) in [5, 5.41) is 35.4. The number of rotatable bonds is 16. The fourth-order valence-electron chi connectivity index (χ4n) is 1.68. The van der Waals surface area contributed by atoms with E-state index in [1.54, 1.807) is 0 Å². The van der Waals surface area contributed by atoms with Gasteiger partial charge in [0.15, 0.2) is 8.68 Å². The van der Waals surface area contributed by atoms with Crippen LogP contribution < -0.4 is 0 Å². The van der Waals surface area contributed by atoms with Crippen molar-refractivity contribution in [2.75, 3.05) is 37.9 Å². The Kier molecular flexibility index (Phi) is 14.2. The predicted molar refractivity (Wildman–Crippen MR) is 117 cm³/mol. The fraction of sp³-hybridized carbons (Fsp3) is 0.611. The van der Waals surface area contributed by atoms with E-state index < -0.39 is 36.7 Å². The van der Waals surface area contributed by atoms with Gasteiger partial charge in [0.05, 0.1) is 19.4 Å². The van der Waals surface area contributed by atoms with Crippen LogP contribution in [0.2, 0.25) is 0 Å². The minimum absolute atomic E-state index is 0.0938. The molecule has 0 aromatic carbocycles. The lowest BCUT2D eigenvalue weighted by atomic mass is 10.3. The van der Waals surface area contributed by atoms with E-state index in [0.717, 1.165) is 0 Å². The normalized spacial score (nSPS) is 12.6. The quantitative estimate of drug-likeness (QED) is 0.121. The van der Waals surface area contributed by atoms with Crippen molar-refractivity contribution >= 4 is 52.8 Å². The van der Waals surface area contributed by atoms with Gasteiger partial charge in [-0.25, -0.2) is 4.79 Å². The molecular weight excluding hydrogens is 484 g/mol. The Morgan fingerprint density at radius 2 is 1.41 bits per heavy atom. The fourth-order valence-corrected chi connectivity index (χ4v) is 4.68. The number of aliphatic hydroxyl groups is 3. The van der Waals surface area contributed by atoms with Crippen LogP contribution in [0.15, 0.2) is 20.8 Å². The first kappa shape index (κ1) is 28.3. The van der Waals surface area contributed by atoms with Gasteiger partial charge in [0.25, 0.3) is 0 Å². The molecule has 2 atom stereocenters. The van der Waals surface area contributed by atoms with E-state index in [2.05, 4.69) is 16.8 Å². The number of hydrogen-bond donors (Lipinski definition) is 3. The maximum Gasteiger partial charge on any atom is 0.333 e. The smallest absolute Gasteiger partial charge is 0.333 e. The number of ether oxygens (including phenoxy) is 3. The van der Waals surface area contributed by atoms with Gasteiger partial charge < -0.3 is 29.5 Å². The highest BCUT2D eigenvalue weighted by atomic mass is 32.2. The van der Waals surface area contributed by atoms with Crippen LogP contribution in [0.5, 0.6) is 0 Å². The molecule has 32 heavy (non-hydrogen) atoms. The van der Waals surface area contributed by atoms with Gasteiger partial charge in [0.2, 0.25) is 0 Å². The summed E-state index contributed by atoms with van der Waals surface area (Å²) in [5.74, 6) is -0.796. The van der Waals surface area contributed by atoms with Gasteiger partial charge in [-0.3, -0.25) is 9.59 Å². The molecule has 180 valence electrons. The molecule has 0 bridgehead atoms. The third-order valence-electron chi connectivity index (χ3n) is 3.29. The average molecular weight is 511 g/mol. The lowest BCUT2D eigenvalue weighted by Gasteiger charge is -2.11. The Labute approximate surface area is 197 Å². The van der Waals surface area contributed by atoms with E-state index in [9.17, 15) is 19.5 Å². The van der Waals surface area contributed by atoms with Gasteiger partial charge in [-0.1, -0.05) is 41.4 Å². The average Bonchev–Trinajstić information content (AvgIpc) is 3.21. The van der Waals surface area contributed by atoms with Crippen molar-refractivity contribution in [1.82, 2.24) is 10.2 Å². The van der Waals surface area contributed by atoms with E-state index >= 15 is 0 Å². The van der Waals surface area contributed by atoms with Crippen molar-refractivity contribution in [1.29, 1.82) is 0 Å². The summed E-state index contributed by atoms with van der Waals surface area (Å²) < 4.78 is 15.8. The first-order valence-electron chi connectivity index (χ1n) is 9.41. The monoisotopic (exact) mass is 510 g/mol.